The summed E-state index contributed by atoms with van der Waals surface area (Å²) in [5.41, 5.74) is 0. The first-order valence-corrected chi connectivity index (χ1v) is 7.73. The Morgan fingerprint density at radius 2 is 2.17 bits per heavy atom. The largest absolute Gasteiger partial charge is 0.492 e. The average Bonchev–Trinajstić information content (AvgIpc) is 2.42. The molecular weight excluding hydrogens is 244 g/mol. The van der Waals surface area contributed by atoms with Crippen molar-refractivity contribution in [3.8, 4) is 5.75 Å². The molecule has 1 aromatic rings. The third-order valence-electron chi connectivity index (χ3n) is 3.35. The number of hydrogen-bond acceptors (Lipinski definition) is 4. The summed E-state index contributed by atoms with van der Waals surface area (Å²) in [4.78, 5) is 3.75. The molecule has 4 heteroatoms. The highest BCUT2D eigenvalue weighted by Crippen LogP contribution is 2.18. The molecule has 1 atom stereocenters. The van der Waals surface area contributed by atoms with Crippen LogP contribution in [0.25, 0.3) is 0 Å². The van der Waals surface area contributed by atoms with Crippen molar-refractivity contribution in [2.45, 2.75) is 17.9 Å². The van der Waals surface area contributed by atoms with Crippen molar-refractivity contribution in [3.63, 3.8) is 0 Å². The summed E-state index contributed by atoms with van der Waals surface area (Å²) < 4.78 is 5.79. The number of hydrogen-bond donors (Lipinski definition) is 1. The SMILES string of the molecule is CSc1ccc(OCCN2CCNC[C@H]2C)cc1. The van der Waals surface area contributed by atoms with E-state index in [1.54, 1.807) is 11.8 Å². The quantitative estimate of drug-likeness (QED) is 0.825. The smallest absolute Gasteiger partial charge is 0.119 e. The fourth-order valence-electron chi connectivity index (χ4n) is 2.17. The van der Waals surface area contributed by atoms with Gasteiger partial charge in [0.2, 0.25) is 0 Å². The zero-order valence-electron chi connectivity index (χ0n) is 11.2. The van der Waals surface area contributed by atoms with Crippen LogP contribution in [0, 0.1) is 0 Å². The van der Waals surface area contributed by atoms with Crippen LogP contribution in [-0.2, 0) is 0 Å². The number of benzene rings is 1. The predicted molar refractivity (Wildman–Crippen MR) is 77.6 cm³/mol. The lowest BCUT2D eigenvalue weighted by Crippen LogP contribution is -2.50. The van der Waals surface area contributed by atoms with Gasteiger partial charge in [-0.2, -0.15) is 0 Å². The molecule has 3 nitrogen and oxygen atoms in total. The Morgan fingerprint density at radius 1 is 1.39 bits per heavy atom. The molecule has 0 saturated carbocycles. The molecule has 0 aliphatic carbocycles. The summed E-state index contributed by atoms with van der Waals surface area (Å²) in [5.74, 6) is 0.968. The second-order valence-electron chi connectivity index (χ2n) is 4.61. The van der Waals surface area contributed by atoms with E-state index < -0.39 is 0 Å². The van der Waals surface area contributed by atoms with Crippen LogP contribution < -0.4 is 10.1 Å². The van der Waals surface area contributed by atoms with Crippen LogP contribution in [0.4, 0.5) is 0 Å². The molecule has 1 aromatic carbocycles. The molecule has 0 unspecified atom stereocenters. The van der Waals surface area contributed by atoms with E-state index in [1.807, 2.05) is 12.1 Å². The maximum Gasteiger partial charge on any atom is 0.119 e. The minimum Gasteiger partial charge on any atom is -0.492 e. The Balaban J connectivity index is 1.73. The first-order chi connectivity index (χ1) is 8.79. The van der Waals surface area contributed by atoms with E-state index in [0.29, 0.717) is 6.04 Å². The first-order valence-electron chi connectivity index (χ1n) is 6.51. The van der Waals surface area contributed by atoms with Gasteiger partial charge in [0.05, 0.1) is 0 Å². The number of nitrogens with one attached hydrogen (secondary N) is 1. The standard InChI is InChI=1S/C14H22N2OS/c1-12-11-15-7-8-16(12)9-10-17-13-3-5-14(18-2)6-4-13/h3-6,12,15H,7-11H2,1-2H3/t12-/m1/s1. The Bertz CT molecular complexity index is 355. The van der Waals surface area contributed by atoms with Gasteiger partial charge in [-0.1, -0.05) is 0 Å². The Labute approximate surface area is 114 Å². The molecule has 0 spiro atoms. The molecule has 100 valence electrons. The van der Waals surface area contributed by atoms with E-state index in [9.17, 15) is 0 Å². The summed E-state index contributed by atoms with van der Waals surface area (Å²) in [5, 5.41) is 3.40. The van der Waals surface area contributed by atoms with E-state index in [4.69, 9.17) is 4.74 Å². The first kappa shape index (κ1) is 13.7. The summed E-state index contributed by atoms with van der Waals surface area (Å²) in [6, 6.07) is 8.92. The lowest BCUT2D eigenvalue weighted by Gasteiger charge is -2.33. The molecule has 1 N–H and O–H groups in total. The highest BCUT2D eigenvalue weighted by Gasteiger charge is 2.16. The third kappa shape index (κ3) is 3.90. The van der Waals surface area contributed by atoms with Gasteiger partial charge in [0.1, 0.15) is 12.4 Å². The summed E-state index contributed by atoms with van der Waals surface area (Å²) in [6.45, 7) is 7.33. The molecule has 1 aliphatic heterocycles. The van der Waals surface area contributed by atoms with Gasteiger partial charge in [-0.15, -0.1) is 11.8 Å². The fourth-order valence-corrected chi connectivity index (χ4v) is 2.58. The van der Waals surface area contributed by atoms with Crippen LogP contribution in [-0.4, -0.2) is 50.0 Å². The second kappa shape index (κ2) is 7.02. The molecule has 0 bridgehead atoms. The third-order valence-corrected chi connectivity index (χ3v) is 4.09. The predicted octanol–water partition coefficient (Wildman–Crippen LogP) is 2.08. The van der Waals surface area contributed by atoms with Gasteiger partial charge in [-0.25, -0.2) is 0 Å². The molecule has 1 fully saturated rings. The number of ether oxygens (including phenoxy) is 1. The van der Waals surface area contributed by atoms with Crippen LogP contribution in [0.1, 0.15) is 6.92 Å². The van der Waals surface area contributed by atoms with E-state index in [0.717, 1.165) is 38.5 Å². The maximum absolute atomic E-state index is 5.79. The van der Waals surface area contributed by atoms with Crippen LogP contribution in [0.5, 0.6) is 5.75 Å². The van der Waals surface area contributed by atoms with Gasteiger partial charge in [0, 0.05) is 37.1 Å². The lowest BCUT2D eigenvalue weighted by molar-refractivity contribution is 0.143. The van der Waals surface area contributed by atoms with Gasteiger partial charge in [-0.3, -0.25) is 4.90 Å². The van der Waals surface area contributed by atoms with Crippen molar-refractivity contribution >= 4 is 11.8 Å². The Kier molecular flexibility index (Phi) is 5.35. The van der Waals surface area contributed by atoms with Crippen molar-refractivity contribution in [2.75, 3.05) is 39.0 Å². The summed E-state index contributed by atoms with van der Waals surface area (Å²) in [7, 11) is 0. The van der Waals surface area contributed by atoms with E-state index >= 15 is 0 Å². The molecule has 1 heterocycles. The fraction of sp³-hybridized carbons (Fsp3) is 0.571. The summed E-state index contributed by atoms with van der Waals surface area (Å²) in [6.07, 6.45) is 2.08. The molecule has 0 radical (unpaired) electrons. The van der Waals surface area contributed by atoms with Crippen LogP contribution in [0.3, 0.4) is 0 Å². The average molecular weight is 266 g/mol. The molecular formula is C14H22N2OS. The summed E-state index contributed by atoms with van der Waals surface area (Å²) >= 11 is 1.75. The molecule has 2 rings (SSSR count). The van der Waals surface area contributed by atoms with E-state index in [2.05, 4.69) is 35.5 Å². The van der Waals surface area contributed by atoms with Crippen molar-refractivity contribution in [2.24, 2.45) is 0 Å². The minimum atomic E-state index is 0.612. The Morgan fingerprint density at radius 3 is 2.83 bits per heavy atom. The monoisotopic (exact) mass is 266 g/mol. The highest BCUT2D eigenvalue weighted by molar-refractivity contribution is 7.98. The van der Waals surface area contributed by atoms with E-state index in [1.165, 1.54) is 4.90 Å². The molecule has 0 amide bonds. The second-order valence-corrected chi connectivity index (χ2v) is 5.49. The van der Waals surface area contributed by atoms with Gasteiger partial charge in [0.25, 0.3) is 0 Å². The van der Waals surface area contributed by atoms with Gasteiger partial charge < -0.3 is 10.1 Å². The molecule has 1 saturated heterocycles. The zero-order chi connectivity index (χ0) is 12.8. The Hall–Kier alpha value is -0.710. The maximum atomic E-state index is 5.79. The lowest BCUT2D eigenvalue weighted by atomic mass is 10.2. The van der Waals surface area contributed by atoms with Crippen molar-refractivity contribution in [1.82, 2.24) is 10.2 Å². The minimum absolute atomic E-state index is 0.612. The van der Waals surface area contributed by atoms with Gasteiger partial charge >= 0.3 is 0 Å². The van der Waals surface area contributed by atoms with E-state index in [-0.39, 0.29) is 0 Å². The molecule has 18 heavy (non-hydrogen) atoms. The number of nitrogens with zero attached hydrogens (tertiary/aromatic N) is 1. The highest BCUT2D eigenvalue weighted by atomic mass is 32.2. The van der Waals surface area contributed by atoms with Crippen molar-refractivity contribution < 1.29 is 4.74 Å². The molecule has 1 aliphatic rings. The van der Waals surface area contributed by atoms with Gasteiger partial charge in [0.15, 0.2) is 0 Å². The molecule has 0 aromatic heterocycles. The topological polar surface area (TPSA) is 24.5 Å². The van der Waals surface area contributed by atoms with Gasteiger partial charge in [-0.05, 0) is 37.4 Å². The van der Waals surface area contributed by atoms with Crippen LogP contribution in [0.2, 0.25) is 0 Å². The number of rotatable bonds is 5. The number of thioether (sulfide) groups is 1. The zero-order valence-corrected chi connectivity index (χ0v) is 12.0. The number of piperazine rings is 1. The normalized spacial score (nSPS) is 20.9. The van der Waals surface area contributed by atoms with Crippen molar-refractivity contribution in [3.05, 3.63) is 24.3 Å². The van der Waals surface area contributed by atoms with Crippen LogP contribution >= 0.6 is 11.8 Å². The van der Waals surface area contributed by atoms with Crippen molar-refractivity contribution in [1.29, 1.82) is 0 Å². The van der Waals surface area contributed by atoms with Crippen LogP contribution in [0.15, 0.2) is 29.2 Å².